The number of anilines is 1. The molecule has 0 bridgehead atoms. The minimum atomic E-state index is -0.540. The van der Waals surface area contributed by atoms with Gasteiger partial charge in [-0.25, -0.2) is 13.8 Å². The number of para-hydroxylation sites is 2. The van der Waals surface area contributed by atoms with Gasteiger partial charge in [0.15, 0.2) is 11.8 Å². The Balaban J connectivity index is 1.44. The molecule has 1 aliphatic heterocycles. The smallest absolute Gasteiger partial charge is 0.191 e. The van der Waals surface area contributed by atoms with Crippen LogP contribution in [0.25, 0.3) is 5.69 Å². The van der Waals surface area contributed by atoms with Gasteiger partial charge in [-0.2, -0.15) is 0 Å². The second-order valence-corrected chi connectivity index (χ2v) is 7.29. The summed E-state index contributed by atoms with van der Waals surface area (Å²) in [7, 11) is 0. The van der Waals surface area contributed by atoms with Crippen LogP contribution >= 0.6 is 0 Å². The van der Waals surface area contributed by atoms with Gasteiger partial charge in [0.05, 0.1) is 0 Å². The van der Waals surface area contributed by atoms with Gasteiger partial charge in [-0.15, -0.1) is 10.2 Å². The lowest BCUT2D eigenvalue weighted by atomic mass is 10.2. The lowest BCUT2D eigenvalue weighted by molar-refractivity contribution is 0.576. The van der Waals surface area contributed by atoms with E-state index in [2.05, 4.69) is 25.8 Å². The van der Waals surface area contributed by atoms with E-state index in [4.69, 9.17) is 0 Å². The van der Waals surface area contributed by atoms with Crippen LogP contribution in [0, 0.1) is 11.6 Å². The molecule has 4 rings (SSSR count). The molecule has 1 atom stereocenters. The van der Waals surface area contributed by atoms with Crippen molar-refractivity contribution in [2.75, 3.05) is 24.5 Å². The average molecular weight is 425 g/mol. The highest BCUT2D eigenvalue weighted by atomic mass is 19.1. The monoisotopic (exact) mass is 425 g/mol. The van der Waals surface area contributed by atoms with Gasteiger partial charge in [-0.3, -0.25) is 4.57 Å². The van der Waals surface area contributed by atoms with E-state index in [-0.39, 0.29) is 11.7 Å². The van der Waals surface area contributed by atoms with Gasteiger partial charge < -0.3 is 15.5 Å². The Labute approximate surface area is 179 Å². The number of nitrogens with one attached hydrogen (secondary N) is 2. The molecule has 0 spiro atoms. The summed E-state index contributed by atoms with van der Waals surface area (Å²) in [5.41, 5.74) is 0.999. The molecule has 0 radical (unpaired) electrons. The van der Waals surface area contributed by atoms with Crippen molar-refractivity contribution in [3.63, 3.8) is 0 Å². The Kier molecular flexibility index (Phi) is 6.40. The summed E-state index contributed by atoms with van der Waals surface area (Å²) in [4.78, 5) is 6.38. The van der Waals surface area contributed by atoms with Gasteiger partial charge in [0.25, 0.3) is 0 Å². The molecule has 1 saturated heterocycles. The molecule has 2 heterocycles. The Morgan fingerprint density at radius 3 is 2.65 bits per heavy atom. The molecule has 2 aromatic carbocycles. The lowest BCUT2D eigenvalue weighted by Crippen LogP contribution is -2.44. The summed E-state index contributed by atoms with van der Waals surface area (Å²) in [6, 6.07) is 13.8. The van der Waals surface area contributed by atoms with Crippen LogP contribution in [0.5, 0.6) is 0 Å². The third kappa shape index (κ3) is 4.82. The lowest BCUT2D eigenvalue weighted by Gasteiger charge is -2.21. The summed E-state index contributed by atoms with van der Waals surface area (Å²) in [6.45, 7) is 4.07. The number of benzene rings is 2. The zero-order chi connectivity index (χ0) is 21.6. The first-order valence-electron chi connectivity index (χ1n) is 10.3. The highest BCUT2D eigenvalue weighted by Gasteiger charge is 2.27. The van der Waals surface area contributed by atoms with Gasteiger partial charge in [0.2, 0.25) is 0 Å². The molecule has 7 nitrogen and oxygen atoms in total. The van der Waals surface area contributed by atoms with Crippen molar-refractivity contribution in [1.82, 2.24) is 25.4 Å². The maximum Gasteiger partial charge on any atom is 0.191 e. The zero-order valence-corrected chi connectivity index (χ0v) is 17.3. The predicted octanol–water partition coefficient (Wildman–Crippen LogP) is 2.88. The summed E-state index contributed by atoms with van der Waals surface area (Å²) in [6.07, 6.45) is 2.41. The first-order valence-corrected chi connectivity index (χ1v) is 10.3. The first-order chi connectivity index (χ1) is 15.2. The van der Waals surface area contributed by atoms with Gasteiger partial charge in [-0.05, 0) is 37.6 Å². The van der Waals surface area contributed by atoms with Crippen LogP contribution in [0.1, 0.15) is 19.2 Å². The highest BCUT2D eigenvalue weighted by molar-refractivity contribution is 5.80. The molecular formula is C22H25F2N7. The van der Waals surface area contributed by atoms with E-state index in [9.17, 15) is 8.78 Å². The van der Waals surface area contributed by atoms with Crippen molar-refractivity contribution in [3.8, 4) is 5.69 Å². The molecule has 1 aliphatic rings. The van der Waals surface area contributed by atoms with Crippen molar-refractivity contribution in [2.45, 2.75) is 25.9 Å². The average Bonchev–Trinajstić information content (AvgIpc) is 3.42. The fourth-order valence-corrected chi connectivity index (χ4v) is 3.71. The fraction of sp³-hybridized carbons (Fsp3) is 0.318. The molecule has 1 aromatic heterocycles. The summed E-state index contributed by atoms with van der Waals surface area (Å²) in [5, 5.41) is 14.8. The number of nitrogens with zero attached hydrogens (tertiary/aromatic N) is 5. The number of hydrogen-bond acceptors (Lipinski definition) is 4. The zero-order valence-electron chi connectivity index (χ0n) is 17.3. The number of aliphatic imine (C=N–C) groups is 1. The number of hydrogen-bond donors (Lipinski definition) is 2. The van der Waals surface area contributed by atoms with Gasteiger partial charge >= 0.3 is 0 Å². The second-order valence-electron chi connectivity index (χ2n) is 7.29. The van der Waals surface area contributed by atoms with E-state index in [0.717, 1.165) is 12.1 Å². The van der Waals surface area contributed by atoms with E-state index in [0.29, 0.717) is 38.0 Å². The topological polar surface area (TPSA) is 70.4 Å². The van der Waals surface area contributed by atoms with Gasteiger partial charge in [0.1, 0.15) is 30.2 Å². The van der Waals surface area contributed by atoms with E-state index in [1.165, 1.54) is 18.2 Å². The number of guanidine groups is 1. The number of halogens is 2. The maximum absolute atomic E-state index is 14.1. The van der Waals surface area contributed by atoms with E-state index < -0.39 is 11.6 Å². The van der Waals surface area contributed by atoms with E-state index >= 15 is 0 Å². The SMILES string of the molecule is CCNC(=NCc1nncn1-c1ccccc1)NC1CCN(c2c(F)cccc2F)C1. The third-order valence-corrected chi connectivity index (χ3v) is 5.16. The molecule has 0 saturated carbocycles. The summed E-state index contributed by atoms with van der Waals surface area (Å²) in [5.74, 6) is 0.263. The highest BCUT2D eigenvalue weighted by Crippen LogP contribution is 2.26. The number of rotatable bonds is 6. The summed E-state index contributed by atoms with van der Waals surface area (Å²) >= 11 is 0. The Bertz CT molecular complexity index is 1020. The Morgan fingerprint density at radius 2 is 1.90 bits per heavy atom. The standard InChI is InChI=1S/C22H25F2N7/c1-2-25-22(26-13-20-29-27-15-31(20)17-7-4-3-5-8-17)28-16-11-12-30(14-16)21-18(23)9-6-10-19(21)24/h3-10,15-16H,2,11-14H2,1H3,(H2,25,26,28). The van der Waals surface area contributed by atoms with Crippen LogP contribution in [0.3, 0.4) is 0 Å². The molecular weight excluding hydrogens is 400 g/mol. The van der Waals surface area contributed by atoms with Crippen molar-refractivity contribution < 1.29 is 8.78 Å². The van der Waals surface area contributed by atoms with Crippen LogP contribution in [0.2, 0.25) is 0 Å². The molecule has 1 unspecified atom stereocenters. The molecule has 0 aliphatic carbocycles. The predicted molar refractivity (Wildman–Crippen MR) is 116 cm³/mol. The molecule has 3 aromatic rings. The molecule has 9 heteroatoms. The normalized spacial score (nSPS) is 16.5. The summed E-state index contributed by atoms with van der Waals surface area (Å²) < 4.78 is 30.1. The molecule has 0 amide bonds. The fourth-order valence-electron chi connectivity index (χ4n) is 3.71. The van der Waals surface area contributed by atoms with Crippen LogP contribution in [0.15, 0.2) is 59.9 Å². The van der Waals surface area contributed by atoms with Crippen molar-refractivity contribution >= 4 is 11.6 Å². The van der Waals surface area contributed by atoms with Crippen LogP contribution in [-0.4, -0.2) is 46.4 Å². The third-order valence-electron chi connectivity index (χ3n) is 5.16. The van der Waals surface area contributed by atoms with Crippen molar-refractivity contribution in [2.24, 2.45) is 4.99 Å². The minimum Gasteiger partial charge on any atom is -0.365 e. The second kappa shape index (κ2) is 9.55. The number of aromatic nitrogens is 3. The molecule has 162 valence electrons. The van der Waals surface area contributed by atoms with Crippen LogP contribution < -0.4 is 15.5 Å². The Morgan fingerprint density at radius 1 is 1.13 bits per heavy atom. The van der Waals surface area contributed by atoms with Crippen LogP contribution in [-0.2, 0) is 6.54 Å². The maximum atomic E-state index is 14.1. The minimum absolute atomic E-state index is 0.0174. The molecule has 31 heavy (non-hydrogen) atoms. The van der Waals surface area contributed by atoms with Crippen LogP contribution in [0.4, 0.5) is 14.5 Å². The van der Waals surface area contributed by atoms with E-state index in [1.807, 2.05) is 41.8 Å². The van der Waals surface area contributed by atoms with E-state index in [1.54, 1.807) is 11.2 Å². The van der Waals surface area contributed by atoms with Gasteiger partial charge in [-0.1, -0.05) is 24.3 Å². The van der Waals surface area contributed by atoms with Crippen molar-refractivity contribution in [1.29, 1.82) is 0 Å². The van der Waals surface area contributed by atoms with Gasteiger partial charge in [0, 0.05) is 31.4 Å². The van der Waals surface area contributed by atoms with Crippen molar-refractivity contribution in [3.05, 3.63) is 72.3 Å². The quantitative estimate of drug-likeness (QED) is 0.470. The Hall–Kier alpha value is -3.49. The first kappa shape index (κ1) is 20.8. The molecule has 2 N–H and O–H groups in total. The molecule has 1 fully saturated rings. The largest absolute Gasteiger partial charge is 0.365 e.